The van der Waals surface area contributed by atoms with E-state index in [2.05, 4.69) is 0 Å². The van der Waals surface area contributed by atoms with Gasteiger partial charge in [0.1, 0.15) is 0 Å². The van der Waals surface area contributed by atoms with Crippen molar-refractivity contribution in [1.29, 1.82) is 0 Å². The predicted octanol–water partition coefficient (Wildman–Crippen LogP) is 2.83. The molecule has 6 nitrogen and oxygen atoms in total. The molecule has 0 spiro atoms. The Morgan fingerprint density at radius 1 is 1.32 bits per heavy atom. The van der Waals surface area contributed by atoms with Crippen molar-refractivity contribution in [3.8, 4) is 11.1 Å². The second-order valence-corrected chi connectivity index (χ2v) is 4.49. The van der Waals surface area contributed by atoms with Crippen molar-refractivity contribution < 1.29 is 19.6 Å². The maximum atomic E-state index is 10.9. The van der Waals surface area contributed by atoms with Crippen LogP contribution in [0.25, 0.3) is 11.1 Å². The second kappa shape index (κ2) is 4.99. The van der Waals surface area contributed by atoms with Gasteiger partial charge in [0.2, 0.25) is 0 Å². The average molecular weight is 277 g/mol. The van der Waals surface area contributed by atoms with Gasteiger partial charge in [0.25, 0.3) is 0 Å². The van der Waals surface area contributed by atoms with Gasteiger partial charge in [-0.1, -0.05) is 23.5 Å². The summed E-state index contributed by atoms with van der Waals surface area (Å²) in [6, 6.07) is 5.58. The number of aldehydes is 1. The molecule has 1 N–H and O–H groups in total. The second-order valence-electron chi connectivity index (χ2n) is 3.63. The minimum absolute atomic E-state index is 0.0780. The van der Waals surface area contributed by atoms with E-state index in [-0.39, 0.29) is 21.7 Å². The summed E-state index contributed by atoms with van der Waals surface area (Å²) in [5.74, 6) is -1.08. The SMILES string of the molecule is O=Cc1csc([N+](=O)[O-])c1-c1ccc(C(=O)O)cc1. The molecule has 0 radical (unpaired) electrons. The minimum Gasteiger partial charge on any atom is -0.478 e. The molecule has 0 saturated carbocycles. The highest BCUT2D eigenvalue weighted by Gasteiger charge is 2.22. The molecular formula is C12H7NO5S. The molecule has 0 amide bonds. The largest absolute Gasteiger partial charge is 0.478 e. The predicted molar refractivity (Wildman–Crippen MR) is 68.8 cm³/mol. The lowest BCUT2D eigenvalue weighted by Crippen LogP contribution is -1.96. The van der Waals surface area contributed by atoms with Crippen LogP contribution in [0.3, 0.4) is 0 Å². The number of benzene rings is 1. The topological polar surface area (TPSA) is 97.5 Å². The van der Waals surface area contributed by atoms with Crippen LogP contribution in [0.4, 0.5) is 5.00 Å². The molecule has 19 heavy (non-hydrogen) atoms. The standard InChI is InChI=1S/C12H7NO5S/c14-5-9-6-19-11(13(17)18)10(9)7-1-3-8(4-2-7)12(15)16/h1-6H,(H,15,16). The zero-order valence-corrected chi connectivity index (χ0v) is 10.2. The number of rotatable bonds is 4. The van der Waals surface area contributed by atoms with E-state index in [0.717, 1.165) is 11.3 Å². The Kier molecular flexibility index (Phi) is 3.39. The van der Waals surface area contributed by atoms with Gasteiger partial charge < -0.3 is 5.11 Å². The third kappa shape index (κ3) is 2.36. The number of carboxylic acid groups (broad SMARTS) is 1. The molecule has 0 unspecified atom stereocenters. The number of carbonyl (C=O) groups excluding carboxylic acids is 1. The van der Waals surface area contributed by atoms with Gasteiger partial charge >= 0.3 is 11.0 Å². The highest BCUT2D eigenvalue weighted by molar-refractivity contribution is 7.14. The van der Waals surface area contributed by atoms with Gasteiger partial charge in [-0.2, -0.15) is 0 Å². The molecule has 2 rings (SSSR count). The lowest BCUT2D eigenvalue weighted by atomic mass is 10.0. The Hall–Kier alpha value is -2.54. The molecule has 0 atom stereocenters. The van der Waals surface area contributed by atoms with Crippen LogP contribution in [0.1, 0.15) is 20.7 Å². The summed E-state index contributed by atoms with van der Waals surface area (Å²) >= 11 is 0.868. The number of thiophene rings is 1. The van der Waals surface area contributed by atoms with Crippen LogP contribution in [0, 0.1) is 10.1 Å². The van der Waals surface area contributed by atoms with Gasteiger partial charge in [-0.05, 0) is 17.7 Å². The van der Waals surface area contributed by atoms with Crippen LogP contribution < -0.4 is 0 Å². The van der Waals surface area contributed by atoms with E-state index in [1.54, 1.807) is 0 Å². The van der Waals surface area contributed by atoms with Crippen LogP contribution >= 0.6 is 11.3 Å². The van der Waals surface area contributed by atoms with E-state index < -0.39 is 10.9 Å². The summed E-state index contributed by atoms with van der Waals surface area (Å²) in [6.45, 7) is 0. The maximum absolute atomic E-state index is 10.9. The van der Waals surface area contributed by atoms with Gasteiger partial charge in [0.15, 0.2) is 6.29 Å². The smallest absolute Gasteiger partial charge is 0.335 e. The Balaban J connectivity index is 2.57. The maximum Gasteiger partial charge on any atom is 0.335 e. The van der Waals surface area contributed by atoms with E-state index >= 15 is 0 Å². The van der Waals surface area contributed by atoms with Gasteiger partial charge in [0.05, 0.1) is 16.1 Å². The number of hydrogen-bond acceptors (Lipinski definition) is 5. The van der Waals surface area contributed by atoms with E-state index in [0.29, 0.717) is 11.8 Å². The summed E-state index contributed by atoms with van der Waals surface area (Å²) < 4.78 is 0. The molecule has 0 aliphatic carbocycles. The molecule has 1 heterocycles. The van der Waals surface area contributed by atoms with Crippen LogP contribution in [-0.4, -0.2) is 22.3 Å². The van der Waals surface area contributed by atoms with Crippen molar-refractivity contribution in [2.45, 2.75) is 0 Å². The number of carboxylic acids is 1. The van der Waals surface area contributed by atoms with Crippen molar-refractivity contribution in [2.75, 3.05) is 0 Å². The van der Waals surface area contributed by atoms with Crippen molar-refractivity contribution in [1.82, 2.24) is 0 Å². The van der Waals surface area contributed by atoms with Gasteiger partial charge in [-0.15, -0.1) is 0 Å². The first-order valence-electron chi connectivity index (χ1n) is 5.09. The normalized spacial score (nSPS) is 10.1. The highest BCUT2D eigenvalue weighted by Crippen LogP contribution is 2.38. The third-order valence-corrected chi connectivity index (χ3v) is 3.46. The number of nitro groups is 1. The van der Waals surface area contributed by atoms with Crippen LogP contribution in [0.2, 0.25) is 0 Å². The molecule has 1 aromatic carbocycles. The summed E-state index contributed by atoms with van der Waals surface area (Å²) in [4.78, 5) is 32.0. The zero-order chi connectivity index (χ0) is 14.0. The highest BCUT2D eigenvalue weighted by atomic mass is 32.1. The molecular weight excluding hydrogens is 270 g/mol. The van der Waals surface area contributed by atoms with Crippen molar-refractivity contribution in [2.24, 2.45) is 0 Å². The van der Waals surface area contributed by atoms with E-state index in [9.17, 15) is 19.7 Å². The van der Waals surface area contributed by atoms with Gasteiger partial charge in [-0.3, -0.25) is 14.9 Å². The number of aromatic carboxylic acids is 1. The Labute approximate surface area is 111 Å². The van der Waals surface area contributed by atoms with Gasteiger partial charge in [0, 0.05) is 10.9 Å². The average Bonchev–Trinajstić information content (AvgIpc) is 2.82. The fraction of sp³-hybridized carbons (Fsp3) is 0. The molecule has 0 bridgehead atoms. The fourth-order valence-electron chi connectivity index (χ4n) is 1.65. The molecule has 0 aliphatic rings. The third-order valence-electron chi connectivity index (χ3n) is 2.51. The molecule has 2 aromatic rings. The first-order chi connectivity index (χ1) is 9.04. The van der Waals surface area contributed by atoms with Crippen LogP contribution in [0.15, 0.2) is 29.6 Å². The molecule has 7 heteroatoms. The minimum atomic E-state index is -1.08. The fourth-order valence-corrected chi connectivity index (χ4v) is 2.50. The molecule has 0 fully saturated rings. The summed E-state index contributed by atoms with van der Waals surface area (Å²) in [7, 11) is 0. The quantitative estimate of drug-likeness (QED) is 0.526. The van der Waals surface area contributed by atoms with Crippen molar-refractivity contribution in [3.05, 3.63) is 50.9 Å². The van der Waals surface area contributed by atoms with E-state index in [1.165, 1.54) is 29.6 Å². The molecule has 96 valence electrons. The first kappa shape index (κ1) is 12.9. The number of nitrogens with zero attached hydrogens (tertiary/aromatic N) is 1. The lowest BCUT2D eigenvalue weighted by molar-refractivity contribution is -0.379. The Morgan fingerprint density at radius 2 is 1.95 bits per heavy atom. The van der Waals surface area contributed by atoms with Crippen molar-refractivity contribution in [3.63, 3.8) is 0 Å². The van der Waals surface area contributed by atoms with Crippen LogP contribution in [-0.2, 0) is 0 Å². The molecule has 0 saturated heterocycles. The summed E-state index contributed by atoms with van der Waals surface area (Å²) in [6.07, 6.45) is 0.546. The van der Waals surface area contributed by atoms with E-state index in [1.807, 2.05) is 0 Å². The first-order valence-corrected chi connectivity index (χ1v) is 5.97. The van der Waals surface area contributed by atoms with Gasteiger partial charge in [-0.25, -0.2) is 4.79 Å². The number of hydrogen-bond donors (Lipinski definition) is 1. The summed E-state index contributed by atoms with van der Waals surface area (Å²) in [5, 5.41) is 21.0. The molecule has 0 aliphatic heterocycles. The zero-order valence-electron chi connectivity index (χ0n) is 9.40. The van der Waals surface area contributed by atoms with E-state index in [4.69, 9.17) is 5.11 Å². The Morgan fingerprint density at radius 3 is 2.42 bits per heavy atom. The lowest BCUT2D eigenvalue weighted by Gasteiger charge is -2.01. The monoisotopic (exact) mass is 277 g/mol. The molecule has 1 aromatic heterocycles. The summed E-state index contributed by atoms with van der Waals surface area (Å²) in [5.41, 5.74) is 0.969. The van der Waals surface area contributed by atoms with Crippen molar-refractivity contribution >= 4 is 28.6 Å². The number of carbonyl (C=O) groups is 2. The van der Waals surface area contributed by atoms with Crippen LogP contribution in [0.5, 0.6) is 0 Å². The Bertz CT molecular complexity index is 659.